The molecule has 0 saturated heterocycles. The normalized spacial score (nSPS) is 26.9. The summed E-state index contributed by atoms with van der Waals surface area (Å²) in [5, 5.41) is 4.57. The number of halogens is 1. The van der Waals surface area contributed by atoms with Crippen molar-refractivity contribution in [3.8, 4) is 0 Å². The molecule has 3 aliphatic rings. The number of benzene rings is 2. The molecule has 2 N–H and O–H groups in total. The Hall–Kier alpha value is -2.40. The van der Waals surface area contributed by atoms with Gasteiger partial charge in [-0.1, -0.05) is 54.4 Å². The van der Waals surface area contributed by atoms with Crippen LogP contribution in [0.15, 0.2) is 53.7 Å². The van der Waals surface area contributed by atoms with Gasteiger partial charge in [0.05, 0.1) is 12.5 Å². The maximum absolute atomic E-state index is 14.1. The first kappa shape index (κ1) is 18.6. The predicted molar refractivity (Wildman–Crippen MR) is 112 cm³/mol. The van der Waals surface area contributed by atoms with E-state index in [0.717, 1.165) is 43.6 Å². The fraction of sp³-hybridized carbons (Fsp3) is 0.458. The van der Waals surface area contributed by atoms with E-state index in [4.69, 9.17) is 10.6 Å². The third kappa shape index (κ3) is 3.21. The average Bonchev–Trinajstić information content (AvgIpc) is 3.44. The van der Waals surface area contributed by atoms with E-state index in [1.165, 1.54) is 30.0 Å². The van der Waals surface area contributed by atoms with Crippen LogP contribution in [0.4, 0.5) is 4.39 Å². The van der Waals surface area contributed by atoms with Gasteiger partial charge in [-0.3, -0.25) is 0 Å². The Morgan fingerprint density at radius 2 is 1.97 bits per heavy atom. The van der Waals surface area contributed by atoms with Crippen molar-refractivity contribution in [2.75, 3.05) is 13.1 Å². The molecule has 0 unspecified atom stereocenters. The molecule has 2 aromatic rings. The van der Waals surface area contributed by atoms with E-state index in [-0.39, 0.29) is 17.5 Å². The maximum Gasteiger partial charge on any atom is 0.159 e. The first-order valence-corrected chi connectivity index (χ1v) is 10.8. The first-order chi connectivity index (χ1) is 14.2. The van der Waals surface area contributed by atoms with Crippen molar-refractivity contribution in [1.82, 2.24) is 4.90 Å². The van der Waals surface area contributed by atoms with Crippen LogP contribution < -0.4 is 5.73 Å². The van der Waals surface area contributed by atoms with Gasteiger partial charge in [-0.2, -0.15) is 0 Å². The Kier molecular flexibility index (Phi) is 4.78. The lowest BCUT2D eigenvalue weighted by molar-refractivity contribution is -0.0548. The smallest absolute Gasteiger partial charge is 0.159 e. The highest BCUT2D eigenvalue weighted by atomic mass is 19.1. The Bertz CT molecular complexity index is 924. The van der Waals surface area contributed by atoms with Crippen LogP contribution in [0, 0.1) is 11.7 Å². The fourth-order valence-corrected chi connectivity index (χ4v) is 5.46. The van der Waals surface area contributed by atoms with Gasteiger partial charge in [0, 0.05) is 19.0 Å². The summed E-state index contributed by atoms with van der Waals surface area (Å²) in [6.07, 6.45) is 6.50. The Morgan fingerprint density at radius 3 is 2.76 bits per heavy atom. The van der Waals surface area contributed by atoms with Crippen LogP contribution in [0.3, 0.4) is 0 Å². The number of nitrogens with zero attached hydrogens (tertiary/aromatic N) is 2. The molecule has 2 aliphatic heterocycles. The second-order valence-corrected chi connectivity index (χ2v) is 8.63. The lowest BCUT2D eigenvalue weighted by Gasteiger charge is -2.39. The molecule has 5 heteroatoms. The van der Waals surface area contributed by atoms with Crippen LogP contribution in [0.2, 0.25) is 0 Å². The van der Waals surface area contributed by atoms with Gasteiger partial charge in [0.1, 0.15) is 11.7 Å². The summed E-state index contributed by atoms with van der Waals surface area (Å²) in [5.74, 6) is 1.21. The molecular formula is C24H28FN3O. The molecule has 29 heavy (non-hydrogen) atoms. The molecule has 1 saturated carbocycles. The molecule has 2 atom stereocenters. The Morgan fingerprint density at radius 1 is 1.14 bits per heavy atom. The third-order valence-corrected chi connectivity index (χ3v) is 7.01. The summed E-state index contributed by atoms with van der Waals surface area (Å²) in [6, 6.07) is 15.3. The van der Waals surface area contributed by atoms with Crippen molar-refractivity contribution < 1.29 is 9.23 Å². The molecule has 5 rings (SSSR count). The van der Waals surface area contributed by atoms with Crippen LogP contribution in [0.25, 0.3) is 0 Å². The molecule has 0 aromatic heterocycles. The summed E-state index contributed by atoms with van der Waals surface area (Å²) in [4.78, 5) is 8.39. The summed E-state index contributed by atoms with van der Waals surface area (Å²) in [6.45, 7) is 1.32. The minimum Gasteiger partial charge on any atom is -0.386 e. The molecule has 0 amide bonds. The van der Waals surface area contributed by atoms with E-state index >= 15 is 0 Å². The van der Waals surface area contributed by atoms with E-state index in [2.05, 4.69) is 34.3 Å². The maximum atomic E-state index is 14.1. The standard InChI is InChI=1S/C24H28FN3O/c25-20-10-5-7-18(14-20)23-21-11-4-1-6-17(21)12-13-28(23)22-15-24(16-26,29-27-22)19-8-2-3-9-19/h1,4-7,10-11,14,19,23H,2-3,8-9,12-13,15-16,26H2/t23-,24+/m0/s1. The van der Waals surface area contributed by atoms with Crippen molar-refractivity contribution >= 4 is 5.84 Å². The van der Waals surface area contributed by atoms with Crippen molar-refractivity contribution in [3.63, 3.8) is 0 Å². The number of hydrogen-bond donors (Lipinski definition) is 1. The van der Waals surface area contributed by atoms with Crippen molar-refractivity contribution in [2.24, 2.45) is 16.8 Å². The minimum absolute atomic E-state index is 0.0600. The quantitative estimate of drug-likeness (QED) is 0.841. The monoisotopic (exact) mass is 393 g/mol. The molecule has 1 fully saturated rings. The van der Waals surface area contributed by atoms with Gasteiger partial charge < -0.3 is 15.5 Å². The van der Waals surface area contributed by atoms with Crippen LogP contribution in [-0.2, 0) is 11.3 Å². The van der Waals surface area contributed by atoms with Crippen LogP contribution in [0.5, 0.6) is 0 Å². The second-order valence-electron chi connectivity index (χ2n) is 8.63. The van der Waals surface area contributed by atoms with Crippen molar-refractivity contribution in [1.29, 1.82) is 0 Å². The molecule has 152 valence electrons. The average molecular weight is 394 g/mol. The van der Waals surface area contributed by atoms with Gasteiger partial charge in [-0.15, -0.1) is 0 Å². The predicted octanol–water partition coefficient (Wildman–Crippen LogP) is 4.39. The second kappa shape index (κ2) is 7.45. The number of rotatable bonds is 3. The number of hydrogen-bond acceptors (Lipinski definition) is 4. The zero-order chi connectivity index (χ0) is 19.8. The molecule has 0 radical (unpaired) electrons. The number of fused-ring (bicyclic) bond motifs is 1. The zero-order valence-electron chi connectivity index (χ0n) is 16.7. The van der Waals surface area contributed by atoms with Gasteiger partial charge in [0.25, 0.3) is 0 Å². The molecule has 1 aliphatic carbocycles. The highest BCUT2D eigenvalue weighted by Gasteiger charge is 2.48. The highest BCUT2D eigenvalue weighted by Crippen LogP contribution is 2.44. The lowest BCUT2D eigenvalue weighted by Crippen LogP contribution is -2.47. The first-order valence-electron chi connectivity index (χ1n) is 10.8. The summed E-state index contributed by atoms with van der Waals surface area (Å²) >= 11 is 0. The highest BCUT2D eigenvalue weighted by molar-refractivity contribution is 5.85. The Labute approximate surface area is 171 Å². The fourth-order valence-electron chi connectivity index (χ4n) is 5.46. The third-order valence-electron chi connectivity index (χ3n) is 7.01. The number of amidine groups is 1. The van der Waals surface area contributed by atoms with Crippen molar-refractivity contribution in [3.05, 3.63) is 71.0 Å². The largest absolute Gasteiger partial charge is 0.386 e. The van der Waals surface area contributed by atoms with Gasteiger partial charge in [0.2, 0.25) is 0 Å². The summed E-state index contributed by atoms with van der Waals surface area (Å²) < 4.78 is 14.1. The van der Waals surface area contributed by atoms with E-state index < -0.39 is 0 Å². The lowest BCUT2D eigenvalue weighted by atomic mass is 9.82. The molecule has 2 aromatic carbocycles. The van der Waals surface area contributed by atoms with Gasteiger partial charge >= 0.3 is 0 Å². The van der Waals surface area contributed by atoms with Gasteiger partial charge in [0.15, 0.2) is 5.60 Å². The molecular weight excluding hydrogens is 365 g/mol. The molecule has 4 nitrogen and oxygen atoms in total. The van der Waals surface area contributed by atoms with E-state index in [1.54, 1.807) is 12.1 Å². The van der Waals surface area contributed by atoms with Crippen LogP contribution in [0.1, 0.15) is 54.8 Å². The molecule has 0 spiro atoms. The van der Waals surface area contributed by atoms with Crippen LogP contribution in [-0.4, -0.2) is 29.4 Å². The van der Waals surface area contributed by atoms with E-state index in [0.29, 0.717) is 12.5 Å². The number of oxime groups is 1. The summed E-state index contributed by atoms with van der Waals surface area (Å²) in [5.41, 5.74) is 9.32. The van der Waals surface area contributed by atoms with Crippen molar-refractivity contribution in [2.45, 2.75) is 50.2 Å². The topological polar surface area (TPSA) is 50.8 Å². The Balaban J connectivity index is 1.50. The van der Waals surface area contributed by atoms with E-state index in [1.807, 2.05) is 6.07 Å². The van der Waals surface area contributed by atoms with Crippen LogP contribution >= 0.6 is 0 Å². The van der Waals surface area contributed by atoms with E-state index in [9.17, 15) is 4.39 Å². The number of nitrogens with two attached hydrogens (primary N) is 1. The minimum atomic E-state index is -0.380. The molecule has 2 heterocycles. The molecule has 0 bridgehead atoms. The SMILES string of the molecule is NC[C@@]1(C2CCCC2)CC(N2CCc3ccccc3[C@@H]2c2cccc(F)c2)=NO1. The zero-order valence-corrected chi connectivity index (χ0v) is 16.7. The summed E-state index contributed by atoms with van der Waals surface area (Å²) in [7, 11) is 0. The van der Waals surface area contributed by atoms with Gasteiger partial charge in [-0.05, 0) is 48.1 Å². The van der Waals surface area contributed by atoms with Gasteiger partial charge in [-0.25, -0.2) is 4.39 Å².